The van der Waals surface area contributed by atoms with E-state index in [4.69, 9.17) is 15.1 Å². The Morgan fingerprint density at radius 2 is 2.21 bits per heavy atom. The van der Waals surface area contributed by atoms with Crippen LogP contribution in [0.5, 0.6) is 5.75 Å². The number of carbonyl (C=O) groups is 1. The van der Waals surface area contributed by atoms with Crippen molar-refractivity contribution in [3.05, 3.63) is 28.8 Å². The molecule has 0 bridgehead atoms. The van der Waals surface area contributed by atoms with E-state index in [2.05, 4.69) is 0 Å². The highest BCUT2D eigenvalue weighted by Gasteiger charge is 2.15. The summed E-state index contributed by atoms with van der Waals surface area (Å²) in [5.41, 5.74) is 1.05. The van der Waals surface area contributed by atoms with Crippen molar-refractivity contribution in [2.45, 2.75) is 6.92 Å². The van der Waals surface area contributed by atoms with Crippen LogP contribution in [0.4, 0.5) is 0 Å². The topological polar surface area (TPSA) is 70.3 Å². The van der Waals surface area contributed by atoms with E-state index < -0.39 is 5.97 Å². The van der Waals surface area contributed by atoms with Crippen molar-refractivity contribution in [1.82, 2.24) is 0 Å². The minimum atomic E-state index is -1.06. The summed E-state index contributed by atoms with van der Waals surface area (Å²) in [5.74, 6) is -0.814. The minimum Gasteiger partial charge on any atom is -0.496 e. The lowest BCUT2D eigenvalue weighted by Gasteiger charge is -2.08. The zero-order valence-electron chi connectivity index (χ0n) is 7.87. The Balaban J connectivity index is 3.45. The van der Waals surface area contributed by atoms with E-state index in [0.29, 0.717) is 11.1 Å². The van der Waals surface area contributed by atoms with E-state index in [1.807, 2.05) is 6.07 Å². The number of ether oxygens (including phenoxy) is 1. The number of methoxy groups -OCH3 is 1. The average molecular weight is 191 g/mol. The summed E-state index contributed by atoms with van der Waals surface area (Å²) in [7, 11) is 1.38. The maximum absolute atomic E-state index is 10.8. The quantitative estimate of drug-likeness (QED) is 0.770. The first-order valence-corrected chi connectivity index (χ1v) is 3.92. The van der Waals surface area contributed by atoms with Gasteiger partial charge >= 0.3 is 5.97 Å². The van der Waals surface area contributed by atoms with Crippen LogP contribution in [-0.4, -0.2) is 18.2 Å². The van der Waals surface area contributed by atoms with Crippen LogP contribution in [0, 0.1) is 18.3 Å². The number of carboxylic acid groups (broad SMARTS) is 1. The Morgan fingerprint density at radius 3 is 2.64 bits per heavy atom. The van der Waals surface area contributed by atoms with E-state index >= 15 is 0 Å². The van der Waals surface area contributed by atoms with Gasteiger partial charge in [0.2, 0.25) is 0 Å². The molecule has 0 fully saturated rings. The Bertz CT molecular complexity index is 418. The van der Waals surface area contributed by atoms with Gasteiger partial charge in [0, 0.05) is 5.56 Å². The summed E-state index contributed by atoms with van der Waals surface area (Å²) in [6, 6.07) is 4.80. The number of aromatic carboxylic acids is 1. The summed E-state index contributed by atoms with van der Waals surface area (Å²) in [5, 5.41) is 17.5. The molecule has 14 heavy (non-hydrogen) atoms. The number of carboxylic acids is 1. The summed E-state index contributed by atoms with van der Waals surface area (Å²) >= 11 is 0. The molecule has 1 N–H and O–H groups in total. The molecule has 4 heteroatoms. The minimum absolute atomic E-state index is 0.0731. The first kappa shape index (κ1) is 10.1. The summed E-state index contributed by atoms with van der Waals surface area (Å²) in [6.07, 6.45) is 0. The molecule has 1 aromatic rings. The van der Waals surface area contributed by atoms with Crippen molar-refractivity contribution in [3.63, 3.8) is 0 Å². The molecule has 0 aliphatic rings. The standard InChI is InChI=1S/C10H9NO3/c1-6-7(5-11)3-4-8(10(12)13)9(6)14-2/h3-4H,1-2H3,(H,12,13). The number of nitriles is 1. The van der Waals surface area contributed by atoms with Crippen LogP contribution in [-0.2, 0) is 0 Å². The predicted octanol–water partition coefficient (Wildman–Crippen LogP) is 1.57. The molecular weight excluding hydrogens is 182 g/mol. The first-order valence-electron chi connectivity index (χ1n) is 3.92. The molecule has 0 unspecified atom stereocenters. The molecule has 0 radical (unpaired) electrons. The molecule has 1 rings (SSSR count). The zero-order chi connectivity index (χ0) is 10.7. The first-order chi connectivity index (χ1) is 6.61. The van der Waals surface area contributed by atoms with Crippen molar-refractivity contribution < 1.29 is 14.6 Å². The summed E-state index contributed by atoms with van der Waals surface area (Å²) in [6.45, 7) is 1.66. The van der Waals surface area contributed by atoms with Gasteiger partial charge in [0.25, 0.3) is 0 Å². The summed E-state index contributed by atoms with van der Waals surface area (Å²) < 4.78 is 4.95. The highest BCUT2D eigenvalue weighted by atomic mass is 16.5. The van der Waals surface area contributed by atoms with Crippen molar-refractivity contribution in [2.75, 3.05) is 7.11 Å². The molecule has 4 nitrogen and oxygen atoms in total. The average Bonchev–Trinajstić information content (AvgIpc) is 2.17. The summed E-state index contributed by atoms with van der Waals surface area (Å²) in [4.78, 5) is 10.8. The largest absolute Gasteiger partial charge is 0.496 e. The smallest absolute Gasteiger partial charge is 0.339 e. The zero-order valence-corrected chi connectivity index (χ0v) is 7.87. The van der Waals surface area contributed by atoms with E-state index in [0.717, 1.165) is 0 Å². The van der Waals surface area contributed by atoms with Gasteiger partial charge in [-0.15, -0.1) is 0 Å². The third kappa shape index (κ3) is 1.52. The lowest BCUT2D eigenvalue weighted by atomic mass is 10.0. The van der Waals surface area contributed by atoms with Gasteiger partial charge in [0.1, 0.15) is 11.3 Å². The molecule has 0 saturated heterocycles. The highest BCUT2D eigenvalue weighted by Crippen LogP contribution is 2.25. The van der Waals surface area contributed by atoms with E-state index in [-0.39, 0.29) is 11.3 Å². The molecule has 0 spiro atoms. The molecule has 0 heterocycles. The second-order valence-corrected chi connectivity index (χ2v) is 2.74. The molecule has 0 saturated carbocycles. The fourth-order valence-corrected chi connectivity index (χ4v) is 1.24. The number of nitrogens with zero attached hydrogens (tertiary/aromatic N) is 1. The maximum Gasteiger partial charge on any atom is 0.339 e. The molecule has 72 valence electrons. The van der Waals surface area contributed by atoms with E-state index in [9.17, 15) is 4.79 Å². The van der Waals surface area contributed by atoms with Crippen LogP contribution in [0.2, 0.25) is 0 Å². The molecule has 0 aliphatic carbocycles. The van der Waals surface area contributed by atoms with Crippen LogP contribution in [0.3, 0.4) is 0 Å². The molecule has 0 aromatic heterocycles. The number of benzene rings is 1. The SMILES string of the molecule is COc1c(C(=O)O)ccc(C#N)c1C. The van der Waals surface area contributed by atoms with Crippen LogP contribution < -0.4 is 4.74 Å². The molecule has 0 aliphatic heterocycles. The van der Waals surface area contributed by atoms with Crippen molar-refractivity contribution in [3.8, 4) is 11.8 Å². The van der Waals surface area contributed by atoms with Crippen LogP contribution in [0.15, 0.2) is 12.1 Å². The normalized spacial score (nSPS) is 9.21. The van der Waals surface area contributed by atoms with Gasteiger partial charge in [-0.3, -0.25) is 0 Å². The van der Waals surface area contributed by atoms with Crippen LogP contribution in [0.1, 0.15) is 21.5 Å². The van der Waals surface area contributed by atoms with Gasteiger partial charge in [-0.25, -0.2) is 4.79 Å². The monoisotopic (exact) mass is 191 g/mol. The second kappa shape index (κ2) is 3.79. The van der Waals surface area contributed by atoms with Gasteiger partial charge in [-0.1, -0.05) is 0 Å². The van der Waals surface area contributed by atoms with Crippen molar-refractivity contribution >= 4 is 5.97 Å². The maximum atomic E-state index is 10.8. The molecule has 0 amide bonds. The van der Waals surface area contributed by atoms with Crippen molar-refractivity contribution in [1.29, 1.82) is 5.26 Å². The number of hydrogen-bond donors (Lipinski definition) is 1. The third-order valence-corrected chi connectivity index (χ3v) is 1.96. The van der Waals surface area contributed by atoms with E-state index in [1.165, 1.54) is 19.2 Å². The number of rotatable bonds is 2. The Kier molecular flexibility index (Phi) is 2.73. The fraction of sp³-hybridized carbons (Fsp3) is 0.200. The van der Waals surface area contributed by atoms with Gasteiger partial charge in [-0.05, 0) is 19.1 Å². The van der Waals surface area contributed by atoms with Gasteiger partial charge < -0.3 is 9.84 Å². The Hall–Kier alpha value is -2.02. The third-order valence-electron chi connectivity index (χ3n) is 1.96. The molecule has 1 aromatic carbocycles. The van der Waals surface area contributed by atoms with Crippen LogP contribution >= 0.6 is 0 Å². The highest BCUT2D eigenvalue weighted by molar-refractivity contribution is 5.91. The predicted molar refractivity (Wildman–Crippen MR) is 49.4 cm³/mol. The van der Waals surface area contributed by atoms with Crippen LogP contribution in [0.25, 0.3) is 0 Å². The van der Waals surface area contributed by atoms with Gasteiger partial charge in [0.05, 0.1) is 18.7 Å². The Morgan fingerprint density at radius 1 is 1.57 bits per heavy atom. The lowest BCUT2D eigenvalue weighted by Crippen LogP contribution is -2.03. The molecular formula is C10H9NO3. The number of hydrogen-bond acceptors (Lipinski definition) is 3. The Labute approximate surface area is 81.4 Å². The second-order valence-electron chi connectivity index (χ2n) is 2.74. The van der Waals surface area contributed by atoms with E-state index in [1.54, 1.807) is 6.92 Å². The van der Waals surface area contributed by atoms with Gasteiger partial charge in [-0.2, -0.15) is 5.26 Å². The van der Waals surface area contributed by atoms with Gasteiger partial charge in [0.15, 0.2) is 0 Å². The van der Waals surface area contributed by atoms with Crippen molar-refractivity contribution in [2.24, 2.45) is 0 Å². The lowest BCUT2D eigenvalue weighted by molar-refractivity contribution is 0.0693. The molecule has 0 atom stereocenters. The fourth-order valence-electron chi connectivity index (χ4n) is 1.24.